The van der Waals surface area contributed by atoms with E-state index >= 15 is 0 Å². The Kier molecular flexibility index (Phi) is 3.45. The predicted octanol–water partition coefficient (Wildman–Crippen LogP) is 2.00. The molecule has 0 aromatic carbocycles. The lowest BCUT2D eigenvalue weighted by Gasteiger charge is -2.09. The minimum Gasteiger partial charge on any atom is -0.309 e. The van der Waals surface area contributed by atoms with Crippen molar-refractivity contribution in [1.29, 1.82) is 0 Å². The van der Waals surface area contributed by atoms with Crippen molar-refractivity contribution in [2.24, 2.45) is 5.92 Å². The highest BCUT2D eigenvalue weighted by molar-refractivity contribution is 7.89. The second-order valence-corrected chi connectivity index (χ2v) is 8.38. The quantitative estimate of drug-likeness (QED) is 0.845. The molecule has 0 aliphatic heterocycles. The van der Waals surface area contributed by atoms with Gasteiger partial charge in [-0.25, -0.2) is 13.1 Å². The number of nitrogens with one attached hydrogen (secondary N) is 2. The van der Waals surface area contributed by atoms with E-state index in [2.05, 4.69) is 17.0 Å². The molecule has 3 rings (SSSR count). The van der Waals surface area contributed by atoms with E-state index in [1.54, 1.807) is 0 Å². The molecule has 0 bridgehead atoms. The van der Waals surface area contributed by atoms with Crippen molar-refractivity contribution in [3.8, 4) is 0 Å². The standard InChI is InChI=1S/C13H20N2O2S2/c1-8-5-11(8)15-19(16,17)13-9(2)7-18-12(13)6-14-10-3-4-10/h7-8,10-11,14-15H,3-6H2,1-2H3. The summed E-state index contributed by atoms with van der Waals surface area (Å²) in [5.74, 6) is 0.474. The fourth-order valence-electron chi connectivity index (χ4n) is 2.24. The summed E-state index contributed by atoms with van der Waals surface area (Å²) in [6.07, 6.45) is 3.38. The molecule has 1 aromatic rings. The monoisotopic (exact) mass is 300 g/mol. The highest BCUT2D eigenvalue weighted by Crippen LogP contribution is 2.33. The van der Waals surface area contributed by atoms with Gasteiger partial charge >= 0.3 is 0 Å². The van der Waals surface area contributed by atoms with Gasteiger partial charge in [-0.15, -0.1) is 11.3 Å². The third kappa shape index (κ3) is 3.02. The van der Waals surface area contributed by atoms with Gasteiger partial charge in [-0.3, -0.25) is 0 Å². The van der Waals surface area contributed by atoms with Gasteiger partial charge in [0.15, 0.2) is 0 Å². The second-order valence-electron chi connectivity index (χ2n) is 5.77. The molecule has 1 aromatic heterocycles. The molecule has 2 N–H and O–H groups in total. The second kappa shape index (κ2) is 4.84. The van der Waals surface area contributed by atoms with Gasteiger partial charge in [0.1, 0.15) is 4.90 Å². The third-order valence-electron chi connectivity index (χ3n) is 3.80. The summed E-state index contributed by atoms with van der Waals surface area (Å²) in [6, 6.07) is 0.725. The van der Waals surface area contributed by atoms with Crippen molar-refractivity contribution in [2.75, 3.05) is 0 Å². The SMILES string of the molecule is Cc1csc(CNC2CC2)c1S(=O)(=O)NC1CC1C. The van der Waals surface area contributed by atoms with Crippen LogP contribution in [0.5, 0.6) is 0 Å². The lowest BCUT2D eigenvalue weighted by molar-refractivity contribution is 0.575. The largest absolute Gasteiger partial charge is 0.309 e. The van der Waals surface area contributed by atoms with E-state index in [9.17, 15) is 8.42 Å². The molecule has 2 fully saturated rings. The van der Waals surface area contributed by atoms with E-state index < -0.39 is 10.0 Å². The number of aryl methyl sites for hydroxylation is 1. The Morgan fingerprint density at radius 1 is 1.42 bits per heavy atom. The topological polar surface area (TPSA) is 58.2 Å². The first-order valence-corrected chi connectivity index (χ1v) is 9.16. The van der Waals surface area contributed by atoms with E-state index in [1.165, 1.54) is 24.2 Å². The summed E-state index contributed by atoms with van der Waals surface area (Å²) in [7, 11) is -3.36. The molecule has 2 aliphatic carbocycles. The number of rotatable bonds is 6. The molecule has 0 spiro atoms. The maximum absolute atomic E-state index is 12.5. The first-order valence-electron chi connectivity index (χ1n) is 6.80. The van der Waals surface area contributed by atoms with Crippen molar-refractivity contribution in [3.05, 3.63) is 15.8 Å². The van der Waals surface area contributed by atoms with E-state index in [0.29, 0.717) is 23.4 Å². The Morgan fingerprint density at radius 2 is 2.11 bits per heavy atom. The van der Waals surface area contributed by atoms with Crippen molar-refractivity contribution in [3.63, 3.8) is 0 Å². The summed E-state index contributed by atoms with van der Waals surface area (Å²) in [6.45, 7) is 4.62. The summed E-state index contributed by atoms with van der Waals surface area (Å²) in [5.41, 5.74) is 0.860. The van der Waals surface area contributed by atoms with Crippen LogP contribution in [-0.2, 0) is 16.6 Å². The Balaban J connectivity index is 1.78. The predicted molar refractivity (Wildman–Crippen MR) is 76.8 cm³/mol. The van der Waals surface area contributed by atoms with Gasteiger partial charge in [0, 0.05) is 23.5 Å². The third-order valence-corrected chi connectivity index (χ3v) is 6.76. The first kappa shape index (κ1) is 13.5. The van der Waals surface area contributed by atoms with Crippen LogP contribution in [0.2, 0.25) is 0 Å². The molecular formula is C13H20N2O2S2. The Hall–Kier alpha value is -0.430. The smallest absolute Gasteiger partial charge is 0.242 e. The van der Waals surface area contributed by atoms with Crippen LogP contribution in [0.25, 0.3) is 0 Å². The van der Waals surface area contributed by atoms with E-state index in [-0.39, 0.29) is 6.04 Å². The first-order chi connectivity index (χ1) is 8.97. The molecule has 106 valence electrons. The van der Waals surface area contributed by atoms with Gasteiger partial charge in [-0.05, 0) is 43.0 Å². The number of sulfonamides is 1. The molecule has 0 saturated heterocycles. The lowest BCUT2D eigenvalue weighted by Crippen LogP contribution is -2.28. The molecule has 2 saturated carbocycles. The number of hydrogen-bond donors (Lipinski definition) is 2. The molecular weight excluding hydrogens is 280 g/mol. The molecule has 4 nitrogen and oxygen atoms in total. The van der Waals surface area contributed by atoms with Crippen LogP contribution in [0.15, 0.2) is 10.3 Å². The van der Waals surface area contributed by atoms with Gasteiger partial charge in [0.2, 0.25) is 10.0 Å². The molecule has 6 heteroatoms. The maximum atomic E-state index is 12.5. The fraction of sp³-hybridized carbons (Fsp3) is 0.692. The Labute approximate surface area is 118 Å². The van der Waals surface area contributed by atoms with Crippen LogP contribution in [0.4, 0.5) is 0 Å². The van der Waals surface area contributed by atoms with Crippen molar-refractivity contribution >= 4 is 21.4 Å². The van der Waals surface area contributed by atoms with Gasteiger partial charge in [-0.1, -0.05) is 6.92 Å². The average molecular weight is 300 g/mol. The van der Waals surface area contributed by atoms with Crippen LogP contribution in [0, 0.1) is 12.8 Å². The van der Waals surface area contributed by atoms with E-state index in [4.69, 9.17) is 0 Å². The molecule has 0 amide bonds. The van der Waals surface area contributed by atoms with E-state index in [1.807, 2.05) is 12.3 Å². The Bertz CT molecular complexity index is 575. The van der Waals surface area contributed by atoms with Gasteiger partial charge in [0.25, 0.3) is 0 Å². The van der Waals surface area contributed by atoms with Crippen LogP contribution in [0.3, 0.4) is 0 Å². The van der Waals surface area contributed by atoms with Crippen LogP contribution < -0.4 is 10.0 Å². The molecule has 19 heavy (non-hydrogen) atoms. The van der Waals surface area contributed by atoms with Crippen LogP contribution >= 0.6 is 11.3 Å². The Morgan fingerprint density at radius 3 is 2.68 bits per heavy atom. The van der Waals surface area contributed by atoms with Crippen molar-refractivity contribution < 1.29 is 8.42 Å². The summed E-state index contributed by atoms with van der Waals surface area (Å²) in [4.78, 5) is 1.44. The lowest BCUT2D eigenvalue weighted by atomic mass is 10.3. The minimum absolute atomic E-state index is 0.133. The molecule has 1 heterocycles. The van der Waals surface area contributed by atoms with Gasteiger partial charge < -0.3 is 5.32 Å². The molecule has 2 aliphatic rings. The zero-order chi connectivity index (χ0) is 13.6. The van der Waals surface area contributed by atoms with Crippen LogP contribution in [-0.4, -0.2) is 20.5 Å². The summed E-state index contributed by atoms with van der Waals surface area (Å²) >= 11 is 1.54. The number of thiophene rings is 1. The minimum atomic E-state index is -3.36. The summed E-state index contributed by atoms with van der Waals surface area (Å²) < 4.78 is 27.7. The highest BCUT2D eigenvalue weighted by atomic mass is 32.2. The van der Waals surface area contributed by atoms with Crippen LogP contribution in [0.1, 0.15) is 36.6 Å². The zero-order valence-corrected chi connectivity index (χ0v) is 12.9. The zero-order valence-electron chi connectivity index (χ0n) is 11.3. The number of hydrogen-bond acceptors (Lipinski definition) is 4. The summed E-state index contributed by atoms with van der Waals surface area (Å²) in [5, 5.41) is 5.33. The average Bonchev–Trinajstić information content (AvgIpc) is 3.22. The highest BCUT2D eigenvalue weighted by Gasteiger charge is 2.37. The fourth-order valence-corrected chi connectivity index (χ4v) is 5.36. The molecule has 2 atom stereocenters. The van der Waals surface area contributed by atoms with Gasteiger partial charge in [-0.2, -0.15) is 0 Å². The maximum Gasteiger partial charge on any atom is 0.242 e. The molecule has 2 unspecified atom stereocenters. The normalized spacial score (nSPS) is 26.6. The van der Waals surface area contributed by atoms with Crippen molar-refractivity contribution in [2.45, 2.75) is 56.6 Å². The molecule has 0 radical (unpaired) electrons. The van der Waals surface area contributed by atoms with Crippen molar-refractivity contribution in [1.82, 2.24) is 10.0 Å². The van der Waals surface area contributed by atoms with Gasteiger partial charge in [0.05, 0.1) is 0 Å². The van der Waals surface area contributed by atoms with E-state index in [0.717, 1.165) is 16.9 Å².